The predicted molar refractivity (Wildman–Crippen MR) is 73.7 cm³/mol. The third-order valence-corrected chi connectivity index (χ3v) is 3.68. The van der Waals surface area contributed by atoms with E-state index in [9.17, 15) is 4.79 Å². The molecule has 2 heterocycles. The number of aryl methyl sites for hydroxylation is 1. The molecule has 0 spiro atoms. The Labute approximate surface area is 120 Å². The minimum Gasteiger partial charge on any atom is -0.394 e. The second-order valence-corrected chi connectivity index (χ2v) is 5.08. The van der Waals surface area contributed by atoms with Gasteiger partial charge in [0.1, 0.15) is 17.4 Å². The van der Waals surface area contributed by atoms with E-state index in [0.717, 1.165) is 4.88 Å². The van der Waals surface area contributed by atoms with Crippen molar-refractivity contribution in [3.05, 3.63) is 39.9 Å². The van der Waals surface area contributed by atoms with Crippen LogP contribution in [0.25, 0.3) is 0 Å². The summed E-state index contributed by atoms with van der Waals surface area (Å²) in [6, 6.07) is 3.85. The molecule has 6 nitrogen and oxygen atoms in total. The SMILES string of the molecule is Cc1oncc1C(=O)NC[C@H](OCCO)c1cccs1. The van der Waals surface area contributed by atoms with E-state index in [1.807, 2.05) is 17.5 Å². The van der Waals surface area contributed by atoms with E-state index in [2.05, 4.69) is 10.5 Å². The third kappa shape index (κ3) is 3.66. The normalized spacial score (nSPS) is 12.3. The molecule has 0 aromatic carbocycles. The quantitative estimate of drug-likeness (QED) is 0.809. The maximum Gasteiger partial charge on any atom is 0.256 e. The molecule has 0 radical (unpaired) electrons. The summed E-state index contributed by atoms with van der Waals surface area (Å²) in [5.41, 5.74) is 0.414. The molecule has 0 saturated carbocycles. The lowest BCUT2D eigenvalue weighted by Gasteiger charge is -2.16. The van der Waals surface area contributed by atoms with Crippen molar-refractivity contribution >= 4 is 17.2 Å². The van der Waals surface area contributed by atoms with Crippen molar-refractivity contribution in [3.8, 4) is 0 Å². The fourth-order valence-corrected chi connectivity index (χ4v) is 2.48. The lowest BCUT2D eigenvalue weighted by molar-refractivity contribution is 0.0296. The van der Waals surface area contributed by atoms with Crippen LogP contribution in [-0.4, -0.2) is 35.9 Å². The molecule has 1 atom stereocenters. The van der Waals surface area contributed by atoms with Crippen LogP contribution >= 0.6 is 11.3 Å². The van der Waals surface area contributed by atoms with Crippen molar-refractivity contribution in [2.45, 2.75) is 13.0 Å². The molecule has 0 aliphatic carbocycles. The van der Waals surface area contributed by atoms with Gasteiger partial charge in [-0.1, -0.05) is 11.2 Å². The molecule has 0 bridgehead atoms. The van der Waals surface area contributed by atoms with E-state index < -0.39 is 0 Å². The van der Waals surface area contributed by atoms with Gasteiger partial charge < -0.3 is 19.7 Å². The molecule has 2 N–H and O–H groups in total. The Morgan fingerprint density at radius 2 is 2.50 bits per heavy atom. The van der Waals surface area contributed by atoms with Gasteiger partial charge in [-0.25, -0.2) is 0 Å². The van der Waals surface area contributed by atoms with Gasteiger partial charge in [-0.2, -0.15) is 0 Å². The molecule has 7 heteroatoms. The van der Waals surface area contributed by atoms with Crippen molar-refractivity contribution in [2.24, 2.45) is 0 Å². The van der Waals surface area contributed by atoms with Crippen LogP contribution in [-0.2, 0) is 4.74 Å². The fourth-order valence-electron chi connectivity index (χ4n) is 1.71. The summed E-state index contributed by atoms with van der Waals surface area (Å²) in [7, 11) is 0. The van der Waals surface area contributed by atoms with Gasteiger partial charge in [-0.05, 0) is 18.4 Å². The summed E-state index contributed by atoms with van der Waals surface area (Å²) in [5, 5.41) is 17.1. The van der Waals surface area contributed by atoms with E-state index in [1.54, 1.807) is 18.3 Å². The summed E-state index contributed by atoms with van der Waals surface area (Å²) in [5.74, 6) is 0.226. The molecule has 2 rings (SSSR count). The lowest BCUT2D eigenvalue weighted by Crippen LogP contribution is -2.29. The summed E-state index contributed by atoms with van der Waals surface area (Å²) < 4.78 is 10.4. The highest BCUT2D eigenvalue weighted by Gasteiger charge is 2.17. The molecule has 2 aromatic rings. The minimum absolute atomic E-state index is 0.0550. The highest BCUT2D eigenvalue weighted by atomic mass is 32.1. The largest absolute Gasteiger partial charge is 0.394 e. The Morgan fingerprint density at radius 3 is 3.10 bits per heavy atom. The van der Waals surface area contributed by atoms with Crippen LogP contribution in [0.2, 0.25) is 0 Å². The Morgan fingerprint density at radius 1 is 1.65 bits per heavy atom. The van der Waals surface area contributed by atoms with Crippen LogP contribution in [0.1, 0.15) is 27.1 Å². The highest BCUT2D eigenvalue weighted by Crippen LogP contribution is 2.22. The molecule has 108 valence electrons. The number of aliphatic hydroxyl groups excluding tert-OH is 1. The van der Waals surface area contributed by atoms with Gasteiger partial charge >= 0.3 is 0 Å². The van der Waals surface area contributed by atoms with Gasteiger partial charge in [0.25, 0.3) is 5.91 Å². The average molecular weight is 296 g/mol. The number of thiophene rings is 1. The summed E-state index contributed by atoms with van der Waals surface area (Å²) in [6.45, 7) is 2.18. The molecule has 0 fully saturated rings. The first-order chi connectivity index (χ1) is 9.72. The van der Waals surface area contributed by atoms with Gasteiger partial charge in [0.2, 0.25) is 0 Å². The highest BCUT2D eigenvalue weighted by molar-refractivity contribution is 7.10. The summed E-state index contributed by atoms with van der Waals surface area (Å²) in [6.07, 6.45) is 1.12. The zero-order chi connectivity index (χ0) is 14.4. The number of aliphatic hydroxyl groups is 1. The predicted octanol–water partition coefficient (Wildman–Crippen LogP) is 1.52. The molecule has 2 aromatic heterocycles. The maximum absolute atomic E-state index is 12.0. The monoisotopic (exact) mass is 296 g/mol. The minimum atomic E-state index is -0.272. The number of aromatic nitrogens is 1. The smallest absolute Gasteiger partial charge is 0.256 e. The number of carbonyl (C=O) groups is 1. The Bertz CT molecular complexity index is 538. The zero-order valence-corrected chi connectivity index (χ0v) is 11.9. The number of rotatable bonds is 7. The van der Waals surface area contributed by atoms with Crippen molar-refractivity contribution in [2.75, 3.05) is 19.8 Å². The van der Waals surface area contributed by atoms with Crippen molar-refractivity contribution in [1.82, 2.24) is 10.5 Å². The number of carbonyl (C=O) groups excluding carboxylic acids is 1. The number of ether oxygens (including phenoxy) is 1. The van der Waals surface area contributed by atoms with Crippen LogP contribution in [0.5, 0.6) is 0 Å². The van der Waals surface area contributed by atoms with Crippen molar-refractivity contribution < 1.29 is 19.2 Å². The van der Waals surface area contributed by atoms with Gasteiger partial charge in [-0.15, -0.1) is 11.3 Å². The summed E-state index contributed by atoms with van der Waals surface area (Å²) in [4.78, 5) is 13.0. The van der Waals surface area contributed by atoms with Gasteiger partial charge in [0.05, 0.1) is 19.4 Å². The first-order valence-corrected chi connectivity index (χ1v) is 7.05. The molecule has 0 aliphatic heterocycles. The molecule has 1 amide bonds. The first-order valence-electron chi connectivity index (χ1n) is 6.17. The molecule has 0 unspecified atom stereocenters. The number of hydrogen-bond donors (Lipinski definition) is 2. The molecule has 0 saturated heterocycles. The van der Waals surface area contributed by atoms with Crippen LogP contribution in [0.4, 0.5) is 0 Å². The van der Waals surface area contributed by atoms with Crippen molar-refractivity contribution in [1.29, 1.82) is 0 Å². The Balaban J connectivity index is 1.95. The van der Waals surface area contributed by atoms with E-state index in [1.165, 1.54) is 6.20 Å². The topological polar surface area (TPSA) is 84.6 Å². The van der Waals surface area contributed by atoms with E-state index in [4.69, 9.17) is 14.4 Å². The van der Waals surface area contributed by atoms with E-state index >= 15 is 0 Å². The fraction of sp³-hybridized carbons (Fsp3) is 0.385. The first kappa shape index (κ1) is 14.7. The second kappa shape index (κ2) is 7.18. The van der Waals surface area contributed by atoms with Gasteiger partial charge in [0.15, 0.2) is 0 Å². The number of nitrogens with one attached hydrogen (secondary N) is 1. The van der Waals surface area contributed by atoms with E-state index in [-0.39, 0.29) is 25.2 Å². The van der Waals surface area contributed by atoms with Crippen LogP contribution in [0, 0.1) is 6.92 Å². The lowest BCUT2D eigenvalue weighted by atomic mass is 10.2. The zero-order valence-electron chi connectivity index (χ0n) is 11.0. The average Bonchev–Trinajstić information content (AvgIpc) is 3.10. The maximum atomic E-state index is 12.0. The molecular weight excluding hydrogens is 280 g/mol. The van der Waals surface area contributed by atoms with Crippen LogP contribution in [0.3, 0.4) is 0 Å². The number of hydrogen-bond acceptors (Lipinski definition) is 6. The third-order valence-electron chi connectivity index (χ3n) is 2.71. The number of nitrogens with zero attached hydrogens (tertiary/aromatic N) is 1. The van der Waals surface area contributed by atoms with Gasteiger partial charge in [0, 0.05) is 11.4 Å². The van der Waals surface area contributed by atoms with Gasteiger partial charge in [-0.3, -0.25) is 4.79 Å². The second-order valence-electron chi connectivity index (χ2n) is 4.10. The molecule has 0 aliphatic rings. The van der Waals surface area contributed by atoms with Crippen LogP contribution < -0.4 is 5.32 Å². The molecular formula is C13H16N2O4S. The molecule has 20 heavy (non-hydrogen) atoms. The summed E-state index contributed by atoms with van der Waals surface area (Å²) >= 11 is 1.54. The Hall–Kier alpha value is -1.70. The van der Waals surface area contributed by atoms with Crippen LogP contribution in [0.15, 0.2) is 28.2 Å². The number of amides is 1. The Kier molecular flexibility index (Phi) is 5.28. The van der Waals surface area contributed by atoms with Crippen molar-refractivity contribution in [3.63, 3.8) is 0 Å². The van der Waals surface area contributed by atoms with E-state index in [0.29, 0.717) is 17.9 Å². The standard InChI is InChI=1S/C13H16N2O4S/c1-9-10(7-15-19-9)13(17)14-8-11(18-5-4-16)12-3-2-6-20-12/h2-3,6-7,11,16H,4-5,8H2,1H3,(H,14,17)/t11-/m0/s1.